The average Bonchev–Trinajstić information content (AvgIpc) is 3.00. The molecule has 4 rings (SSSR count). The molecule has 0 saturated carbocycles. The number of alkyl halides is 2. The molecule has 0 radical (unpaired) electrons. The summed E-state index contributed by atoms with van der Waals surface area (Å²) in [5.41, 5.74) is 1.73. The van der Waals surface area contributed by atoms with Crippen LogP contribution in [0.1, 0.15) is 30.0 Å². The second kappa shape index (κ2) is 6.53. The minimum Gasteiger partial charge on any atom is -0.423 e. The minimum absolute atomic E-state index is 0.117. The molecule has 0 aliphatic carbocycles. The first kappa shape index (κ1) is 18.8. The Morgan fingerprint density at radius 1 is 1.31 bits per heavy atom. The molecular formula is C20H16F2N4O3. The highest BCUT2D eigenvalue weighted by Gasteiger charge is 2.51. The predicted molar refractivity (Wildman–Crippen MR) is 99.3 cm³/mol. The van der Waals surface area contributed by atoms with Gasteiger partial charge in [-0.3, -0.25) is 9.69 Å². The Hall–Kier alpha value is -3.51. The molecule has 1 unspecified atom stereocenters. The van der Waals surface area contributed by atoms with E-state index in [1.54, 1.807) is 35.9 Å². The zero-order chi connectivity index (χ0) is 20.9. The Morgan fingerprint density at radius 2 is 2.03 bits per heavy atom. The van der Waals surface area contributed by atoms with Gasteiger partial charge in [-0.1, -0.05) is 18.2 Å². The summed E-state index contributed by atoms with van der Waals surface area (Å²) in [4.78, 5) is 17.7. The highest BCUT2D eigenvalue weighted by atomic mass is 19.3. The number of hydrogen-bond acceptors (Lipinski definition) is 5. The van der Waals surface area contributed by atoms with Gasteiger partial charge >= 0.3 is 12.0 Å². The lowest BCUT2D eigenvalue weighted by molar-refractivity contribution is -0.193. The van der Waals surface area contributed by atoms with Crippen LogP contribution in [-0.4, -0.2) is 26.7 Å². The normalized spacial score (nSPS) is 16.3. The van der Waals surface area contributed by atoms with Crippen LogP contribution in [0.4, 0.5) is 14.5 Å². The monoisotopic (exact) mass is 398 g/mol. The summed E-state index contributed by atoms with van der Waals surface area (Å²) in [6.07, 6.45) is -5.15. The molecule has 0 bridgehead atoms. The van der Waals surface area contributed by atoms with Crippen molar-refractivity contribution in [2.24, 2.45) is 7.05 Å². The quantitative estimate of drug-likeness (QED) is 0.732. The molecule has 0 fully saturated rings. The van der Waals surface area contributed by atoms with Gasteiger partial charge in [-0.05, 0) is 25.1 Å². The number of fused-ring (bicyclic) bond motifs is 2. The molecule has 0 saturated heterocycles. The van der Waals surface area contributed by atoms with E-state index in [4.69, 9.17) is 0 Å². The van der Waals surface area contributed by atoms with Crippen molar-refractivity contribution in [3.8, 4) is 11.8 Å². The van der Waals surface area contributed by atoms with E-state index in [9.17, 15) is 23.9 Å². The topological polar surface area (TPSA) is 91.4 Å². The highest BCUT2D eigenvalue weighted by molar-refractivity contribution is 6.01. The van der Waals surface area contributed by atoms with E-state index < -0.39 is 18.1 Å². The molecule has 1 aromatic heterocycles. The van der Waals surface area contributed by atoms with Gasteiger partial charge in [0.25, 0.3) is 0 Å². The molecule has 29 heavy (non-hydrogen) atoms. The summed E-state index contributed by atoms with van der Waals surface area (Å²) in [7, 11) is 1.65. The number of anilines is 1. The van der Waals surface area contributed by atoms with Gasteiger partial charge in [-0.2, -0.15) is 14.0 Å². The van der Waals surface area contributed by atoms with Crippen LogP contribution in [0.25, 0.3) is 11.0 Å². The number of aliphatic hydroxyl groups is 1. The lowest BCUT2D eigenvalue weighted by Gasteiger charge is -2.34. The van der Waals surface area contributed by atoms with Crippen LogP contribution in [0.2, 0.25) is 0 Å². The summed E-state index contributed by atoms with van der Waals surface area (Å²) in [5.74, 6) is -1.45. The first-order chi connectivity index (χ1) is 13.7. The molecule has 1 N–H and O–H groups in total. The minimum atomic E-state index is -4.08. The van der Waals surface area contributed by atoms with Crippen molar-refractivity contribution in [3.63, 3.8) is 0 Å². The summed E-state index contributed by atoms with van der Waals surface area (Å²) < 4.78 is 34.9. The van der Waals surface area contributed by atoms with E-state index in [1.165, 1.54) is 19.1 Å². The third kappa shape index (κ3) is 2.89. The number of nitrogens with zero attached hydrogens (tertiary/aromatic N) is 4. The zero-order valence-corrected chi connectivity index (χ0v) is 15.6. The molecule has 2 aromatic carbocycles. The Labute approximate surface area is 164 Å². The van der Waals surface area contributed by atoms with Gasteiger partial charge in [0.1, 0.15) is 11.9 Å². The number of amides is 1. The number of ether oxygens (including phenoxy) is 1. The molecule has 9 heteroatoms. The summed E-state index contributed by atoms with van der Waals surface area (Å²) >= 11 is 0. The molecule has 1 aliphatic rings. The fourth-order valence-electron chi connectivity index (χ4n) is 3.48. The number of hydrogen-bond donors (Lipinski definition) is 1. The summed E-state index contributed by atoms with van der Waals surface area (Å²) in [6, 6.07) is 11.6. The van der Waals surface area contributed by atoms with E-state index in [0.29, 0.717) is 22.4 Å². The Balaban J connectivity index is 1.85. The van der Waals surface area contributed by atoms with Crippen molar-refractivity contribution in [1.29, 1.82) is 5.26 Å². The smallest absolute Gasteiger partial charge is 0.423 e. The van der Waals surface area contributed by atoms with Crippen LogP contribution in [0.3, 0.4) is 0 Å². The second-order valence-corrected chi connectivity index (χ2v) is 6.75. The zero-order valence-electron chi connectivity index (χ0n) is 15.6. The Bertz CT molecular complexity index is 1180. The largest absolute Gasteiger partial charge is 0.483 e. The van der Waals surface area contributed by atoms with E-state index >= 15 is 0 Å². The van der Waals surface area contributed by atoms with Gasteiger partial charge in [0.2, 0.25) is 0 Å². The van der Waals surface area contributed by atoms with E-state index in [-0.39, 0.29) is 23.5 Å². The maximum Gasteiger partial charge on any atom is 0.483 e. The fourth-order valence-corrected chi connectivity index (χ4v) is 3.48. The van der Waals surface area contributed by atoms with Gasteiger partial charge in [-0.25, -0.2) is 4.98 Å². The number of carbonyl (C=O) groups is 1. The maximum atomic E-state index is 14.3. The molecule has 1 aliphatic heterocycles. The number of aromatic nitrogens is 2. The second-order valence-electron chi connectivity index (χ2n) is 6.75. The number of carbonyl (C=O) groups excluding carboxylic acids is 1. The van der Waals surface area contributed by atoms with Crippen LogP contribution in [0.15, 0.2) is 36.4 Å². The van der Waals surface area contributed by atoms with Crippen molar-refractivity contribution in [1.82, 2.24) is 9.55 Å². The molecule has 0 spiro atoms. The molecule has 2 heterocycles. The van der Waals surface area contributed by atoms with Gasteiger partial charge in [-0.15, -0.1) is 0 Å². The number of benzene rings is 2. The van der Waals surface area contributed by atoms with Gasteiger partial charge in [0.05, 0.1) is 34.9 Å². The summed E-state index contributed by atoms with van der Waals surface area (Å²) in [6.45, 7) is 1.16. The van der Waals surface area contributed by atoms with Crippen molar-refractivity contribution in [2.45, 2.75) is 25.7 Å². The third-order valence-corrected chi connectivity index (χ3v) is 4.90. The molecule has 148 valence electrons. The number of halogens is 2. The van der Waals surface area contributed by atoms with Crippen molar-refractivity contribution >= 4 is 22.6 Å². The van der Waals surface area contributed by atoms with Gasteiger partial charge < -0.3 is 14.4 Å². The van der Waals surface area contributed by atoms with E-state index in [2.05, 4.69) is 15.8 Å². The Morgan fingerprint density at radius 3 is 2.72 bits per heavy atom. The predicted octanol–water partition coefficient (Wildman–Crippen LogP) is 3.02. The number of aliphatic hydroxyl groups excluding tert-OH is 1. The number of rotatable bonds is 3. The van der Waals surface area contributed by atoms with E-state index in [0.717, 1.165) is 4.90 Å². The SMILES string of the molecule is CC(O)c1cccc2c1OC(F)(F)C(=O)N2Cc1nc2cccc(C#N)c2n1C. The van der Waals surface area contributed by atoms with Crippen molar-refractivity contribution in [3.05, 3.63) is 53.3 Å². The van der Waals surface area contributed by atoms with Crippen molar-refractivity contribution < 1.29 is 23.4 Å². The van der Waals surface area contributed by atoms with Crippen LogP contribution in [-0.2, 0) is 18.4 Å². The van der Waals surface area contributed by atoms with Gasteiger partial charge in [0.15, 0.2) is 5.75 Å². The standard InChI is InChI=1S/C20H16F2N4O3/c1-11(27)13-6-4-8-15-18(13)29-20(21,22)19(28)26(15)10-16-24-14-7-3-5-12(9-23)17(14)25(16)2/h3-8,11,27H,10H2,1-2H3. The third-order valence-electron chi connectivity index (χ3n) is 4.90. The summed E-state index contributed by atoms with van der Waals surface area (Å²) in [5, 5.41) is 19.2. The van der Waals surface area contributed by atoms with Gasteiger partial charge in [0, 0.05) is 12.6 Å². The van der Waals surface area contributed by atoms with Crippen LogP contribution >= 0.6 is 0 Å². The Kier molecular flexibility index (Phi) is 4.24. The maximum absolute atomic E-state index is 14.3. The average molecular weight is 398 g/mol. The number of imidazole rings is 1. The highest BCUT2D eigenvalue weighted by Crippen LogP contribution is 2.44. The fraction of sp³-hybridized carbons (Fsp3) is 0.250. The van der Waals surface area contributed by atoms with E-state index in [1.807, 2.05) is 0 Å². The first-order valence-electron chi connectivity index (χ1n) is 8.78. The first-order valence-corrected chi connectivity index (χ1v) is 8.78. The number of nitriles is 1. The van der Waals surface area contributed by atoms with Crippen molar-refractivity contribution in [2.75, 3.05) is 4.90 Å². The number of para-hydroxylation sites is 2. The molecular weight excluding hydrogens is 382 g/mol. The van der Waals surface area contributed by atoms with Crippen LogP contribution in [0.5, 0.6) is 5.75 Å². The molecule has 1 atom stereocenters. The number of aryl methyl sites for hydroxylation is 1. The lowest BCUT2D eigenvalue weighted by atomic mass is 10.1. The van der Waals surface area contributed by atoms with Crippen LogP contribution < -0.4 is 9.64 Å². The molecule has 7 nitrogen and oxygen atoms in total. The lowest BCUT2D eigenvalue weighted by Crippen LogP contribution is -2.51. The molecule has 1 amide bonds. The van der Waals surface area contributed by atoms with Crippen LogP contribution in [0, 0.1) is 11.3 Å². The molecule has 3 aromatic rings.